The number of hydrogen-bond acceptors (Lipinski definition) is 3. The topological polar surface area (TPSA) is 82.1 Å². The zero-order valence-electron chi connectivity index (χ0n) is 15.5. The monoisotopic (exact) mass is 353 g/mol. The van der Waals surface area contributed by atoms with E-state index in [1.54, 1.807) is 0 Å². The number of rotatable bonds is 4. The standard InChI is InChI=1S/C21H27N3O2/c1-14-12-13-24(26)15(2)19(14)16-8-10-18(11-9-16)23-21(25)20(22)17-6-4-3-5-7-17/h8-13,17,20H,3-7,22H2,1-2H3,(H,23,25)/t20-/m0/s1. The van der Waals surface area contributed by atoms with Crippen molar-refractivity contribution < 1.29 is 9.52 Å². The van der Waals surface area contributed by atoms with Gasteiger partial charge in [0.2, 0.25) is 5.91 Å². The second kappa shape index (κ2) is 7.87. The predicted molar refractivity (Wildman–Crippen MR) is 103 cm³/mol. The lowest BCUT2D eigenvalue weighted by Crippen LogP contribution is -2.42. The van der Waals surface area contributed by atoms with Crippen LogP contribution < -0.4 is 15.8 Å². The number of anilines is 1. The van der Waals surface area contributed by atoms with E-state index in [2.05, 4.69) is 5.32 Å². The molecule has 1 aliphatic rings. The molecule has 5 nitrogen and oxygen atoms in total. The van der Waals surface area contributed by atoms with Crippen LogP contribution in [0.15, 0.2) is 36.5 Å². The molecule has 0 radical (unpaired) electrons. The zero-order valence-corrected chi connectivity index (χ0v) is 15.5. The van der Waals surface area contributed by atoms with Crippen LogP contribution in [0.5, 0.6) is 0 Å². The molecule has 0 saturated heterocycles. The molecule has 1 heterocycles. The summed E-state index contributed by atoms with van der Waals surface area (Å²) in [7, 11) is 0. The number of nitrogens with two attached hydrogens (primary N) is 1. The first kappa shape index (κ1) is 18.4. The number of hydrogen-bond donors (Lipinski definition) is 2. The maximum absolute atomic E-state index is 12.4. The van der Waals surface area contributed by atoms with E-state index in [0.717, 1.165) is 52.8 Å². The van der Waals surface area contributed by atoms with Gasteiger partial charge in [0, 0.05) is 18.7 Å². The van der Waals surface area contributed by atoms with Gasteiger partial charge >= 0.3 is 0 Å². The number of aryl methyl sites for hydroxylation is 1. The van der Waals surface area contributed by atoms with Crippen LogP contribution in [-0.4, -0.2) is 11.9 Å². The minimum absolute atomic E-state index is 0.117. The third-order valence-corrected chi connectivity index (χ3v) is 5.45. The highest BCUT2D eigenvalue weighted by atomic mass is 16.5. The first-order valence-electron chi connectivity index (χ1n) is 9.33. The van der Waals surface area contributed by atoms with Crippen molar-refractivity contribution in [2.75, 3.05) is 5.32 Å². The highest BCUT2D eigenvalue weighted by molar-refractivity contribution is 5.95. The fourth-order valence-electron chi connectivity index (χ4n) is 3.86. The lowest BCUT2D eigenvalue weighted by atomic mass is 9.84. The molecular weight excluding hydrogens is 326 g/mol. The molecular formula is C21H27N3O2. The van der Waals surface area contributed by atoms with Gasteiger partial charge in [-0.15, -0.1) is 0 Å². The van der Waals surface area contributed by atoms with Gasteiger partial charge in [0.05, 0.1) is 11.6 Å². The zero-order chi connectivity index (χ0) is 18.7. The summed E-state index contributed by atoms with van der Waals surface area (Å²) in [5, 5.41) is 14.8. The number of nitrogens with one attached hydrogen (secondary N) is 1. The molecule has 138 valence electrons. The molecule has 1 atom stereocenters. The number of nitrogens with zero attached hydrogens (tertiary/aromatic N) is 1. The van der Waals surface area contributed by atoms with Crippen LogP contribution in [0.25, 0.3) is 11.1 Å². The second-order valence-electron chi connectivity index (χ2n) is 7.28. The third-order valence-electron chi connectivity index (χ3n) is 5.45. The summed E-state index contributed by atoms with van der Waals surface area (Å²) < 4.78 is 0.876. The average Bonchev–Trinajstić information content (AvgIpc) is 2.66. The van der Waals surface area contributed by atoms with Crippen LogP contribution in [-0.2, 0) is 4.79 Å². The number of carbonyl (C=O) groups excluding carboxylic acids is 1. The Bertz CT molecular complexity index is 781. The molecule has 2 aromatic rings. The quantitative estimate of drug-likeness (QED) is 0.652. The fraction of sp³-hybridized carbons (Fsp3) is 0.429. The van der Waals surface area contributed by atoms with Gasteiger partial charge in [-0.05, 0) is 48.9 Å². The summed E-state index contributed by atoms with van der Waals surface area (Å²) in [5.41, 5.74) is 10.5. The Kier molecular flexibility index (Phi) is 5.57. The Balaban J connectivity index is 1.72. The molecule has 1 aromatic heterocycles. The summed E-state index contributed by atoms with van der Waals surface area (Å²) in [6.45, 7) is 3.80. The summed E-state index contributed by atoms with van der Waals surface area (Å²) in [5.74, 6) is 0.166. The van der Waals surface area contributed by atoms with Crippen LogP contribution >= 0.6 is 0 Å². The second-order valence-corrected chi connectivity index (χ2v) is 7.28. The van der Waals surface area contributed by atoms with Gasteiger partial charge in [0.15, 0.2) is 11.9 Å². The Labute approximate surface area is 154 Å². The lowest BCUT2D eigenvalue weighted by Gasteiger charge is -2.26. The van der Waals surface area contributed by atoms with E-state index < -0.39 is 6.04 Å². The SMILES string of the molecule is Cc1cc[n+]([O-])c(C)c1-c1ccc(NC(=O)[C@@H](N)C2CCCCC2)cc1. The molecule has 0 unspecified atom stereocenters. The lowest BCUT2D eigenvalue weighted by molar-refractivity contribution is -0.611. The van der Waals surface area contributed by atoms with E-state index in [4.69, 9.17) is 5.73 Å². The van der Waals surface area contributed by atoms with Gasteiger partial charge in [-0.3, -0.25) is 4.79 Å². The highest BCUT2D eigenvalue weighted by Crippen LogP contribution is 2.28. The number of pyridine rings is 1. The first-order chi connectivity index (χ1) is 12.5. The molecule has 0 aliphatic heterocycles. The van der Waals surface area contributed by atoms with Gasteiger partial charge in [0.1, 0.15) is 0 Å². The molecule has 1 saturated carbocycles. The first-order valence-corrected chi connectivity index (χ1v) is 9.33. The molecule has 1 fully saturated rings. The van der Waals surface area contributed by atoms with Gasteiger partial charge < -0.3 is 16.3 Å². The van der Waals surface area contributed by atoms with E-state index in [-0.39, 0.29) is 11.8 Å². The summed E-state index contributed by atoms with van der Waals surface area (Å²) in [4.78, 5) is 12.4. The molecule has 0 spiro atoms. The molecule has 5 heteroatoms. The van der Waals surface area contributed by atoms with Gasteiger partial charge in [-0.25, -0.2) is 0 Å². The van der Waals surface area contributed by atoms with E-state index in [0.29, 0.717) is 5.69 Å². The number of aromatic nitrogens is 1. The van der Waals surface area contributed by atoms with Crippen molar-refractivity contribution in [1.82, 2.24) is 0 Å². The number of amides is 1. The maximum Gasteiger partial charge on any atom is 0.241 e. The summed E-state index contributed by atoms with van der Waals surface area (Å²) in [6.07, 6.45) is 7.17. The van der Waals surface area contributed by atoms with E-state index in [1.807, 2.05) is 44.2 Å². The summed E-state index contributed by atoms with van der Waals surface area (Å²) in [6, 6.07) is 8.94. The molecule has 0 bridgehead atoms. The Morgan fingerprint density at radius 1 is 1.15 bits per heavy atom. The largest absolute Gasteiger partial charge is 0.618 e. The number of carbonyl (C=O) groups is 1. The number of benzene rings is 1. The van der Waals surface area contributed by atoms with E-state index in [1.165, 1.54) is 12.6 Å². The summed E-state index contributed by atoms with van der Waals surface area (Å²) >= 11 is 0. The predicted octanol–water partition coefficient (Wildman–Crippen LogP) is 3.45. The molecule has 3 rings (SSSR count). The van der Waals surface area contributed by atoms with Crippen molar-refractivity contribution in [2.24, 2.45) is 11.7 Å². The average molecular weight is 353 g/mol. The Hall–Kier alpha value is -2.40. The Morgan fingerprint density at radius 3 is 2.46 bits per heavy atom. The van der Waals surface area contributed by atoms with E-state index >= 15 is 0 Å². The van der Waals surface area contributed by atoms with Crippen molar-refractivity contribution in [2.45, 2.75) is 52.0 Å². The molecule has 26 heavy (non-hydrogen) atoms. The molecule has 1 aliphatic carbocycles. The third kappa shape index (κ3) is 3.88. The van der Waals surface area contributed by atoms with Crippen molar-refractivity contribution in [3.63, 3.8) is 0 Å². The van der Waals surface area contributed by atoms with Crippen LogP contribution in [0, 0.1) is 25.0 Å². The Morgan fingerprint density at radius 2 is 1.81 bits per heavy atom. The van der Waals surface area contributed by atoms with Crippen LogP contribution in [0.2, 0.25) is 0 Å². The van der Waals surface area contributed by atoms with Crippen LogP contribution in [0.4, 0.5) is 5.69 Å². The van der Waals surface area contributed by atoms with Gasteiger partial charge in [-0.1, -0.05) is 31.4 Å². The highest BCUT2D eigenvalue weighted by Gasteiger charge is 2.26. The molecule has 3 N–H and O–H groups in total. The van der Waals surface area contributed by atoms with Crippen molar-refractivity contribution >= 4 is 11.6 Å². The van der Waals surface area contributed by atoms with Crippen molar-refractivity contribution in [3.8, 4) is 11.1 Å². The minimum atomic E-state index is -0.451. The van der Waals surface area contributed by atoms with Crippen LogP contribution in [0.1, 0.15) is 43.4 Å². The van der Waals surface area contributed by atoms with Crippen LogP contribution in [0.3, 0.4) is 0 Å². The minimum Gasteiger partial charge on any atom is -0.618 e. The molecule has 1 amide bonds. The maximum atomic E-state index is 12.4. The van der Waals surface area contributed by atoms with Crippen molar-refractivity contribution in [1.29, 1.82) is 0 Å². The fourth-order valence-corrected chi connectivity index (χ4v) is 3.86. The normalized spacial score (nSPS) is 16.3. The smallest absolute Gasteiger partial charge is 0.241 e. The van der Waals surface area contributed by atoms with Gasteiger partial charge in [-0.2, -0.15) is 4.73 Å². The van der Waals surface area contributed by atoms with E-state index in [9.17, 15) is 10.0 Å². The molecule has 1 aromatic carbocycles. The van der Waals surface area contributed by atoms with Crippen molar-refractivity contribution in [3.05, 3.63) is 53.0 Å². The van der Waals surface area contributed by atoms with Gasteiger partial charge in [0.25, 0.3) is 0 Å².